The molecule has 4 N–H and O–H groups in total. The Morgan fingerprint density at radius 1 is 1.55 bits per heavy atom. The van der Waals surface area contributed by atoms with Crippen LogP contribution < -0.4 is 16.4 Å². The Labute approximate surface area is 119 Å². The monoisotopic (exact) mass is 277 g/mol. The lowest BCUT2D eigenvalue weighted by Crippen LogP contribution is -2.41. The lowest BCUT2D eigenvalue weighted by molar-refractivity contribution is 0.0956. The SMILES string of the molecule is CCNC(=O)c1ccc(N)c(NC2(C)CCOC2C)c1. The van der Waals surface area contributed by atoms with E-state index < -0.39 is 0 Å². The van der Waals surface area contributed by atoms with E-state index in [-0.39, 0.29) is 17.6 Å². The van der Waals surface area contributed by atoms with Crippen LogP contribution in [-0.4, -0.2) is 30.7 Å². The molecule has 2 rings (SSSR count). The molecule has 0 aromatic heterocycles. The fourth-order valence-electron chi connectivity index (χ4n) is 2.38. The third-order valence-electron chi connectivity index (χ3n) is 3.96. The van der Waals surface area contributed by atoms with Crippen LogP contribution >= 0.6 is 0 Å². The van der Waals surface area contributed by atoms with Crippen molar-refractivity contribution >= 4 is 17.3 Å². The number of rotatable bonds is 4. The first-order chi connectivity index (χ1) is 9.46. The molecule has 0 radical (unpaired) electrons. The maximum Gasteiger partial charge on any atom is 0.251 e. The highest BCUT2D eigenvalue weighted by Gasteiger charge is 2.37. The minimum Gasteiger partial charge on any atom is -0.397 e. The van der Waals surface area contributed by atoms with Crippen LogP contribution in [0, 0.1) is 0 Å². The van der Waals surface area contributed by atoms with Crippen molar-refractivity contribution < 1.29 is 9.53 Å². The lowest BCUT2D eigenvalue weighted by Gasteiger charge is -2.31. The van der Waals surface area contributed by atoms with Gasteiger partial charge in [-0.25, -0.2) is 0 Å². The summed E-state index contributed by atoms with van der Waals surface area (Å²) < 4.78 is 5.61. The molecule has 0 aliphatic carbocycles. The highest BCUT2D eigenvalue weighted by Crippen LogP contribution is 2.32. The predicted octanol–water partition coefficient (Wildman–Crippen LogP) is 2.00. The molecule has 1 heterocycles. The molecular formula is C15H23N3O2. The number of ether oxygens (including phenoxy) is 1. The van der Waals surface area contributed by atoms with Crippen molar-refractivity contribution in [1.82, 2.24) is 5.32 Å². The van der Waals surface area contributed by atoms with E-state index >= 15 is 0 Å². The standard InChI is InChI=1S/C15H23N3O2/c1-4-17-14(19)11-5-6-12(16)13(9-11)18-15(3)7-8-20-10(15)2/h5-6,9-10,18H,4,7-8,16H2,1-3H3,(H,17,19). The summed E-state index contributed by atoms with van der Waals surface area (Å²) in [5.41, 5.74) is 7.89. The summed E-state index contributed by atoms with van der Waals surface area (Å²) in [5.74, 6) is -0.0866. The minimum atomic E-state index is -0.159. The van der Waals surface area contributed by atoms with E-state index in [1.54, 1.807) is 18.2 Å². The molecular weight excluding hydrogens is 254 g/mol. The van der Waals surface area contributed by atoms with Crippen LogP contribution in [0.4, 0.5) is 11.4 Å². The molecule has 2 atom stereocenters. The molecule has 2 unspecified atom stereocenters. The van der Waals surface area contributed by atoms with Crippen LogP contribution in [0.2, 0.25) is 0 Å². The smallest absolute Gasteiger partial charge is 0.251 e. The number of anilines is 2. The van der Waals surface area contributed by atoms with Gasteiger partial charge in [0, 0.05) is 18.7 Å². The van der Waals surface area contributed by atoms with Crippen molar-refractivity contribution in [3.05, 3.63) is 23.8 Å². The van der Waals surface area contributed by atoms with E-state index in [2.05, 4.69) is 17.6 Å². The zero-order valence-electron chi connectivity index (χ0n) is 12.3. The van der Waals surface area contributed by atoms with E-state index in [0.717, 1.165) is 18.7 Å². The lowest BCUT2D eigenvalue weighted by atomic mass is 9.94. The van der Waals surface area contributed by atoms with Gasteiger partial charge in [0.2, 0.25) is 0 Å². The molecule has 1 amide bonds. The van der Waals surface area contributed by atoms with Crippen LogP contribution in [0.5, 0.6) is 0 Å². The Hall–Kier alpha value is -1.75. The molecule has 5 heteroatoms. The Morgan fingerprint density at radius 3 is 2.90 bits per heavy atom. The maximum absolute atomic E-state index is 11.9. The van der Waals surface area contributed by atoms with Gasteiger partial charge in [-0.1, -0.05) is 0 Å². The first kappa shape index (κ1) is 14.7. The van der Waals surface area contributed by atoms with Crippen LogP contribution in [-0.2, 0) is 4.74 Å². The summed E-state index contributed by atoms with van der Waals surface area (Å²) in [6.07, 6.45) is 1.02. The zero-order valence-corrected chi connectivity index (χ0v) is 12.3. The zero-order chi connectivity index (χ0) is 14.8. The van der Waals surface area contributed by atoms with Crippen LogP contribution in [0.1, 0.15) is 37.6 Å². The van der Waals surface area contributed by atoms with E-state index in [1.807, 2.05) is 13.8 Å². The van der Waals surface area contributed by atoms with Gasteiger partial charge in [0.15, 0.2) is 0 Å². The number of hydrogen-bond acceptors (Lipinski definition) is 4. The maximum atomic E-state index is 11.9. The van der Waals surface area contributed by atoms with Gasteiger partial charge >= 0.3 is 0 Å². The van der Waals surface area contributed by atoms with Gasteiger partial charge in [-0.3, -0.25) is 4.79 Å². The first-order valence-electron chi connectivity index (χ1n) is 7.04. The van der Waals surface area contributed by atoms with Gasteiger partial charge in [0.1, 0.15) is 0 Å². The second-order valence-corrected chi connectivity index (χ2v) is 5.47. The molecule has 110 valence electrons. The van der Waals surface area contributed by atoms with E-state index in [4.69, 9.17) is 10.5 Å². The van der Waals surface area contributed by atoms with Gasteiger partial charge < -0.3 is 21.1 Å². The average molecular weight is 277 g/mol. The number of benzene rings is 1. The fourth-order valence-corrected chi connectivity index (χ4v) is 2.38. The number of carbonyl (C=O) groups is 1. The molecule has 1 aromatic rings. The van der Waals surface area contributed by atoms with E-state index in [1.165, 1.54) is 0 Å². The number of amides is 1. The van der Waals surface area contributed by atoms with Crippen molar-refractivity contribution in [3.63, 3.8) is 0 Å². The normalized spacial score (nSPS) is 25.4. The summed E-state index contributed by atoms with van der Waals surface area (Å²) in [4.78, 5) is 11.9. The van der Waals surface area contributed by atoms with Gasteiger partial charge in [-0.15, -0.1) is 0 Å². The Morgan fingerprint density at radius 2 is 2.30 bits per heavy atom. The summed E-state index contributed by atoms with van der Waals surface area (Å²) in [6.45, 7) is 7.40. The molecule has 20 heavy (non-hydrogen) atoms. The highest BCUT2D eigenvalue weighted by atomic mass is 16.5. The largest absolute Gasteiger partial charge is 0.397 e. The fraction of sp³-hybridized carbons (Fsp3) is 0.533. The topological polar surface area (TPSA) is 76.4 Å². The second kappa shape index (κ2) is 5.71. The Balaban J connectivity index is 2.23. The third-order valence-corrected chi connectivity index (χ3v) is 3.96. The molecule has 1 aromatic carbocycles. The highest BCUT2D eigenvalue weighted by molar-refractivity contribution is 5.96. The molecule has 0 bridgehead atoms. The molecule has 5 nitrogen and oxygen atoms in total. The van der Waals surface area contributed by atoms with Gasteiger partial charge in [-0.05, 0) is 45.4 Å². The third kappa shape index (κ3) is 2.88. The van der Waals surface area contributed by atoms with E-state index in [9.17, 15) is 4.79 Å². The summed E-state index contributed by atoms with van der Waals surface area (Å²) in [7, 11) is 0. The number of hydrogen-bond donors (Lipinski definition) is 3. The van der Waals surface area contributed by atoms with Crippen LogP contribution in [0.3, 0.4) is 0 Å². The number of carbonyl (C=O) groups excluding carboxylic acids is 1. The van der Waals surface area contributed by atoms with Gasteiger partial charge in [-0.2, -0.15) is 0 Å². The van der Waals surface area contributed by atoms with Crippen LogP contribution in [0.25, 0.3) is 0 Å². The molecule has 1 fully saturated rings. The second-order valence-electron chi connectivity index (χ2n) is 5.47. The van der Waals surface area contributed by atoms with Crippen molar-refractivity contribution in [2.75, 3.05) is 24.2 Å². The Bertz CT molecular complexity index is 504. The molecule has 1 aliphatic heterocycles. The summed E-state index contributed by atoms with van der Waals surface area (Å²) in [5, 5.41) is 6.23. The van der Waals surface area contributed by atoms with Gasteiger partial charge in [0.25, 0.3) is 5.91 Å². The average Bonchev–Trinajstić information content (AvgIpc) is 2.72. The molecule has 0 spiro atoms. The molecule has 0 saturated carbocycles. The Kier molecular flexibility index (Phi) is 4.18. The number of nitrogen functional groups attached to an aromatic ring is 1. The summed E-state index contributed by atoms with van der Waals surface area (Å²) >= 11 is 0. The van der Waals surface area contributed by atoms with E-state index in [0.29, 0.717) is 17.8 Å². The first-order valence-corrected chi connectivity index (χ1v) is 7.04. The number of nitrogens with two attached hydrogens (primary N) is 1. The quantitative estimate of drug-likeness (QED) is 0.736. The predicted molar refractivity (Wildman–Crippen MR) is 80.9 cm³/mol. The molecule has 1 saturated heterocycles. The van der Waals surface area contributed by atoms with Crippen molar-refractivity contribution in [1.29, 1.82) is 0 Å². The van der Waals surface area contributed by atoms with Gasteiger partial charge in [0.05, 0.1) is 23.0 Å². The van der Waals surface area contributed by atoms with Crippen molar-refractivity contribution in [3.8, 4) is 0 Å². The minimum absolute atomic E-state index is 0.0866. The van der Waals surface area contributed by atoms with Crippen LogP contribution in [0.15, 0.2) is 18.2 Å². The molecule has 1 aliphatic rings. The van der Waals surface area contributed by atoms with Crippen molar-refractivity contribution in [2.24, 2.45) is 0 Å². The number of nitrogens with one attached hydrogen (secondary N) is 2. The van der Waals surface area contributed by atoms with Crippen molar-refractivity contribution in [2.45, 2.75) is 38.8 Å². The summed E-state index contributed by atoms with van der Waals surface area (Å²) in [6, 6.07) is 5.30.